The fourth-order valence-electron chi connectivity index (χ4n) is 5.01. The van der Waals surface area contributed by atoms with Gasteiger partial charge in [-0.3, -0.25) is 14.4 Å². The summed E-state index contributed by atoms with van der Waals surface area (Å²) < 4.78 is 11.6. The molecular weight excluding hydrogens is 464 g/mol. The maximum atomic E-state index is 13.3. The van der Waals surface area contributed by atoms with E-state index in [1.807, 2.05) is 13.8 Å². The fourth-order valence-corrected chi connectivity index (χ4v) is 5.01. The zero-order valence-corrected chi connectivity index (χ0v) is 21.5. The maximum absolute atomic E-state index is 13.3. The molecule has 1 aromatic carbocycles. The van der Waals surface area contributed by atoms with E-state index >= 15 is 0 Å². The van der Waals surface area contributed by atoms with Crippen LogP contribution in [0.4, 0.5) is 0 Å². The van der Waals surface area contributed by atoms with Crippen molar-refractivity contribution in [1.29, 1.82) is 0 Å². The van der Waals surface area contributed by atoms with Crippen molar-refractivity contribution in [2.75, 3.05) is 26.8 Å². The first-order valence-electron chi connectivity index (χ1n) is 12.7. The van der Waals surface area contributed by atoms with Crippen LogP contribution < -0.4 is 14.8 Å². The highest BCUT2D eigenvalue weighted by Gasteiger charge is 2.51. The van der Waals surface area contributed by atoms with E-state index in [-0.39, 0.29) is 25.0 Å². The van der Waals surface area contributed by atoms with Gasteiger partial charge in [0.15, 0.2) is 11.5 Å². The summed E-state index contributed by atoms with van der Waals surface area (Å²) in [7, 11) is 1.46. The summed E-state index contributed by atoms with van der Waals surface area (Å²) >= 11 is 0. The second-order valence-corrected chi connectivity index (χ2v) is 9.65. The first kappa shape index (κ1) is 27.7. The Balaban J connectivity index is 2.08. The molecule has 0 bridgehead atoms. The molecule has 9 heteroatoms. The normalized spacial score (nSPS) is 22.2. The monoisotopic (exact) mass is 502 g/mol. The van der Waals surface area contributed by atoms with Gasteiger partial charge in [0, 0.05) is 35.7 Å². The first-order chi connectivity index (χ1) is 17.3. The molecule has 0 saturated heterocycles. The van der Waals surface area contributed by atoms with E-state index in [4.69, 9.17) is 9.47 Å². The zero-order valence-electron chi connectivity index (χ0n) is 21.5. The predicted molar refractivity (Wildman–Crippen MR) is 134 cm³/mol. The number of unbranched alkanes of at least 4 members (excludes halogenated alkanes) is 3. The number of ether oxygens (including phenoxy) is 2. The van der Waals surface area contributed by atoms with Crippen molar-refractivity contribution in [1.82, 2.24) is 10.2 Å². The molecule has 0 spiro atoms. The number of aliphatic hydroxyl groups is 2. The number of carbonyl (C=O) groups is 3. The number of nitrogens with one attached hydrogen (secondary N) is 1. The molecule has 1 heterocycles. The van der Waals surface area contributed by atoms with Crippen molar-refractivity contribution >= 4 is 18.1 Å². The average Bonchev–Trinajstić information content (AvgIpc) is 3.27. The molecule has 3 N–H and O–H groups in total. The number of hydrogen-bond donors (Lipinski definition) is 3. The molecular formula is C27H38N2O7. The minimum atomic E-state index is -1.12. The Hall–Kier alpha value is -2.91. The zero-order chi connectivity index (χ0) is 26.4. The van der Waals surface area contributed by atoms with Crippen molar-refractivity contribution < 1.29 is 34.1 Å². The number of hydrogen-bond acceptors (Lipinski definition) is 7. The molecule has 9 nitrogen and oxygen atoms in total. The van der Waals surface area contributed by atoms with Gasteiger partial charge in [-0.25, -0.2) is 0 Å². The molecule has 1 aliphatic carbocycles. The second-order valence-electron chi connectivity index (χ2n) is 9.65. The van der Waals surface area contributed by atoms with Crippen LogP contribution in [0.2, 0.25) is 0 Å². The Morgan fingerprint density at radius 1 is 1.25 bits per heavy atom. The Bertz CT molecular complexity index is 991. The van der Waals surface area contributed by atoms with Crippen LogP contribution in [0.1, 0.15) is 68.3 Å². The van der Waals surface area contributed by atoms with E-state index in [9.17, 15) is 24.6 Å². The Morgan fingerprint density at radius 2 is 2.00 bits per heavy atom. The summed E-state index contributed by atoms with van der Waals surface area (Å²) in [5, 5.41) is 23.5. The van der Waals surface area contributed by atoms with Gasteiger partial charge in [0.1, 0.15) is 18.5 Å². The molecule has 0 saturated carbocycles. The molecule has 3 rings (SSSR count). The van der Waals surface area contributed by atoms with Gasteiger partial charge in [0.2, 0.25) is 11.8 Å². The van der Waals surface area contributed by atoms with E-state index in [2.05, 4.69) is 12.2 Å². The van der Waals surface area contributed by atoms with Crippen LogP contribution in [0, 0.1) is 5.92 Å². The van der Waals surface area contributed by atoms with Gasteiger partial charge in [-0.2, -0.15) is 0 Å². The highest BCUT2D eigenvalue weighted by molar-refractivity contribution is 5.96. The maximum Gasteiger partial charge on any atom is 0.247 e. The van der Waals surface area contributed by atoms with E-state index in [0.717, 1.165) is 25.7 Å². The van der Waals surface area contributed by atoms with Gasteiger partial charge in [-0.15, -0.1) is 0 Å². The lowest BCUT2D eigenvalue weighted by atomic mass is 9.77. The number of fused-ring (bicyclic) bond motifs is 3. The highest BCUT2D eigenvalue weighted by atomic mass is 16.5. The van der Waals surface area contributed by atoms with E-state index < -0.39 is 30.1 Å². The summed E-state index contributed by atoms with van der Waals surface area (Å²) in [6, 6.07) is 2.41. The van der Waals surface area contributed by atoms with Gasteiger partial charge in [-0.05, 0) is 24.6 Å². The second kappa shape index (κ2) is 12.4. The highest BCUT2D eigenvalue weighted by Crippen LogP contribution is 2.51. The van der Waals surface area contributed by atoms with Crippen LogP contribution in [0.3, 0.4) is 0 Å². The van der Waals surface area contributed by atoms with Gasteiger partial charge in [0.25, 0.3) is 0 Å². The fraction of sp³-hybridized carbons (Fsp3) is 0.593. The molecule has 0 aromatic heterocycles. The summed E-state index contributed by atoms with van der Waals surface area (Å²) in [4.78, 5) is 39.7. The lowest BCUT2D eigenvalue weighted by Gasteiger charge is -2.41. The van der Waals surface area contributed by atoms with Crippen LogP contribution in [-0.4, -0.2) is 78.3 Å². The molecule has 0 radical (unpaired) electrons. The third-order valence-electron chi connectivity index (χ3n) is 6.80. The topological polar surface area (TPSA) is 125 Å². The Kier molecular flexibility index (Phi) is 9.50. The van der Waals surface area contributed by atoms with Crippen molar-refractivity contribution in [3.8, 4) is 11.5 Å². The smallest absolute Gasteiger partial charge is 0.247 e. The van der Waals surface area contributed by atoms with Crippen molar-refractivity contribution in [2.24, 2.45) is 5.92 Å². The van der Waals surface area contributed by atoms with Crippen LogP contribution in [0.15, 0.2) is 23.8 Å². The number of carbonyl (C=O) groups excluding carboxylic acids is 3. The molecule has 4 atom stereocenters. The predicted octanol–water partition coefficient (Wildman–Crippen LogP) is 2.20. The van der Waals surface area contributed by atoms with Crippen LogP contribution in [0.25, 0.3) is 0 Å². The van der Waals surface area contributed by atoms with E-state index in [1.54, 1.807) is 23.1 Å². The molecule has 0 fully saturated rings. The number of benzene rings is 1. The summed E-state index contributed by atoms with van der Waals surface area (Å²) in [5.74, 6) is -0.809. The number of aliphatic hydroxyl groups excluding tert-OH is 2. The molecule has 1 aliphatic heterocycles. The van der Waals surface area contributed by atoms with Gasteiger partial charge >= 0.3 is 0 Å². The number of amides is 2. The largest absolute Gasteiger partial charge is 0.493 e. The molecule has 4 unspecified atom stereocenters. The first-order valence-corrected chi connectivity index (χ1v) is 12.7. The Morgan fingerprint density at radius 3 is 2.61 bits per heavy atom. The lowest BCUT2D eigenvalue weighted by molar-refractivity contribution is -0.140. The van der Waals surface area contributed by atoms with Gasteiger partial charge in [-0.1, -0.05) is 40.0 Å². The summed E-state index contributed by atoms with van der Waals surface area (Å²) in [6.07, 6.45) is 4.19. The van der Waals surface area contributed by atoms with Crippen LogP contribution >= 0.6 is 0 Å². The molecule has 1 aromatic rings. The molecule has 2 amide bonds. The van der Waals surface area contributed by atoms with Crippen molar-refractivity contribution in [3.05, 3.63) is 34.9 Å². The minimum absolute atomic E-state index is 0.0534. The van der Waals surface area contributed by atoms with E-state index in [0.29, 0.717) is 41.0 Å². The third kappa shape index (κ3) is 5.57. The van der Waals surface area contributed by atoms with Crippen molar-refractivity contribution in [3.63, 3.8) is 0 Å². The molecule has 36 heavy (non-hydrogen) atoms. The SMILES string of the molecule is CCCCCCN(C(=O)C(C)C)C1C=C(C(=O)NCCO)C2c3cc(C=O)cc(OC)c3OC2C1O. The quantitative estimate of drug-likeness (QED) is 0.296. The van der Waals surface area contributed by atoms with Crippen LogP contribution in [0.5, 0.6) is 11.5 Å². The number of nitrogens with zero attached hydrogens (tertiary/aromatic N) is 1. The average molecular weight is 503 g/mol. The summed E-state index contributed by atoms with van der Waals surface area (Å²) in [6.45, 7) is 6.01. The number of methoxy groups -OCH3 is 1. The summed E-state index contributed by atoms with van der Waals surface area (Å²) in [5.41, 5.74) is 1.24. The number of rotatable bonds is 12. The van der Waals surface area contributed by atoms with Crippen molar-refractivity contribution in [2.45, 2.75) is 70.6 Å². The third-order valence-corrected chi connectivity index (χ3v) is 6.80. The number of aldehydes is 1. The van der Waals surface area contributed by atoms with E-state index in [1.165, 1.54) is 7.11 Å². The molecule has 198 valence electrons. The molecule has 2 aliphatic rings. The Labute approximate surface area is 212 Å². The van der Waals surface area contributed by atoms with Gasteiger partial charge < -0.3 is 29.9 Å². The lowest BCUT2D eigenvalue weighted by Crippen LogP contribution is -2.56. The minimum Gasteiger partial charge on any atom is -0.493 e. The van der Waals surface area contributed by atoms with Crippen LogP contribution in [-0.2, 0) is 9.59 Å². The van der Waals surface area contributed by atoms with Gasteiger partial charge in [0.05, 0.1) is 25.7 Å². The standard InChI is InChI=1S/C27H38N2O7/c1-5-6-7-8-10-29(27(34)16(2)3)20-14-19(26(33)28-9-11-30)22-18-12-17(15-31)13-21(35-4)24(18)36-25(22)23(20)32/h12-16,20,22-23,25,30,32H,5-11H2,1-4H3,(H,28,33).